The average Bonchev–Trinajstić information content (AvgIpc) is 2.98. The fraction of sp³-hybridized carbons (Fsp3) is 0.263. The van der Waals surface area contributed by atoms with Gasteiger partial charge in [-0.15, -0.1) is 0 Å². The first-order chi connectivity index (χ1) is 12.0. The number of nitrogens with one attached hydrogen (secondary N) is 1. The SMILES string of the molecule is NC(C(=O)Nc1ccc(Cl)cc1)C1CC(=O)N(Cc2ccccc2)C1. The molecule has 0 radical (unpaired) electrons. The van der Waals surface area contributed by atoms with Crippen LogP contribution in [0.3, 0.4) is 0 Å². The third kappa shape index (κ3) is 4.38. The molecule has 0 saturated carbocycles. The van der Waals surface area contributed by atoms with Crippen LogP contribution in [-0.2, 0) is 16.1 Å². The monoisotopic (exact) mass is 357 g/mol. The van der Waals surface area contributed by atoms with Crippen LogP contribution in [0.2, 0.25) is 5.02 Å². The lowest BCUT2D eigenvalue weighted by Gasteiger charge is -2.20. The lowest BCUT2D eigenvalue weighted by atomic mass is 9.99. The van der Waals surface area contributed by atoms with Gasteiger partial charge in [0.05, 0.1) is 6.04 Å². The number of hydrogen-bond acceptors (Lipinski definition) is 3. The molecule has 2 atom stereocenters. The topological polar surface area (TPSA) is 75.4 Å². The third-order valence-electron chi connectivity index (χ3n) is 4.38. The van der Waals surface area contributed by atoms with Crippen molar-refractivity contribution >= 4 is 29.1 Å². The Labute approximate surface area is 151 Å². The lowest BCUT2D eigenvalue weighted by molar-refractivity contribution is -0.128. The van der Waals surface area contributed by atoms with Gasteiger partial charge in [0.25, 0.3) is 0 Å². The summed E-state index contributed by atoms with van der Waals surface area (Å²) in [5, 5.41) is 3.37. The molecule has 1 saturated heterocycles. The molecule has 3 N–H and O–H groups in total. The van der Waals surface area contributed by atoms with Gasteiger partial charge in [-0.05, 0) is 29.8 Å². The number of likely N-dealkylation sites (tertiary alicyclic amines) is 1. The molecule has 2 unspecified atom stereocenters. The molecule has 1 aliphatic rings. The highest BCUT2D eigenvalue weighted by Gasteiger charge is 2.36. The largest absolute Gasteiger partial charge is 0.338 e. The van der Waals surface area contributed by atoms with E-state index in [1.807, 2.05) is 30.3 Å². The molecule has 0 spiro atoms. The predicted molar refractivity (Wildman–Crippen MR) is 98.0 cm³/mol. The molecule has 0 aliphatic carbocycles. The minimum atomic E-state index is -0.736. The zero-order valence-electron chi connectivity index (χ0n) is 13.7. The van der Waals surface area contributed by atoms with Gasteiger partial charge in [0.15, 0.2) is 0 Å². The van der Waals surface area contributed by atoms with Crippen molar-refractivity contribution in [2.24, 2.45) is 11.7 Å². The van der Waals surface area contributed by atoms with E-state index in [-0.39, 0.29) is 17.7 Å². The van der Waals surface area contributed by atoms with Crippen LogP contribution in [0.15, 0.2) is 54.6 Å². The molecule has 1 fully saturated rings. The molecule has 2 aromatic rings. The Morgan fingerprint density at radius 1 is 1.20 bits per heavy atom. The molecule has 3 rings (SSSR count). The minimum absolute atomic E-state index is 0.0311. The molecule has 1 heterocycles. The van der Waals surface area contributed by atoms with E-state index in [0.29, 0.717) is 30.2 Å². The maximum Gasteiger partial charge on any atom is 0.241 e. The molecule has 1 aliphatic heterocycles. The highest BCUT2D eigenvalue weighted by Crippen LogP contribution is 2.23. The summed E-state index contributed by atoms with van der Waals surface area (Å²) in [6.07, 6.45) is 0.294. The van der Waals surface area contributed by atoms with E-state index in [0.717, 1.165) is 5.56 Å². The molecule has 2 aromatic carbocycles. The van der Waals surface area contributed by atoms with Crippen LogP contribution in [0.4, 0.5) is 5.69 Å². The normalized spacial score (nSPS) is 18.2. The van der Waals surface area contributed by atoms with Crippen LogP contribution in [0.25, 0.3) is 0 Å². The third-order valence-corrected chi connectivity index (χ3v) is 4.64. The Morgan fingerprint density at radius 3 is 2.56 bits per heavy atom. The smallest absolute Gasteiger partial charge is 0.241 e. The Morgan fingerprint density at radius 2 is 1.88 bits per heavy atom. The number of halogens is 1. The van der Waals surface area contributed by atoms with Crippen LogP contribution in [0.1, 0.15) is 12.0 Å². The first-order valence-electron chi connectivity index (χ1n) is 8.16. The number of nitrogens with two attached hydrogens (primary N) is 1. The van der Waals surface area contributed by atoms with Crippen molar-refractivity contribution in [1.29, 1.82) is 0 Å². The Kier molecular flexibility index (Phi) is 5.36. The Hall–Kier alpha value is -2.37. The summed E-state index contributed by atoms with van der Waals surface area (Å²) in [6.45, 7) is 1.03. The van der Waals surface area contributed by atoms with Gasteiger partial charge in [-0.25, -0.2) is 0 Å². The first-order valence-corrected chi connectivity index (χ1v) is 8.54. The summed E-state index contributed by atoms with van der Waals surface area (Å²) in [6, 6.07) is 15.9. The summed E-state index contributed by atoms with van der Waals surface area (Å²) in [7, 11) is 0. The summed E-state index contributed by atoms with van der Waals surface area (Å²) in [5.41, 5.74) is 7.80. The van der Waals surface area contributed by atoms with Crippen molar-refractivity contribution in [3.05, 3.63) is 65.2 Å². The molecular formula is C19H20ClN3O2. The highest BCUT2D eigenvalue weighted by atomic mass is 35.5. The number of nitrogens with zero attached hydrogens (tertiary/aromatic N) is 1. The second-order valence-corrected chi connectivity index (χ2v) is 6.68. The highest BCUT2D eigenvalue weighted by molar-refractivity contribution is 6.30. The van der Waals surface area contributed by atoms with Crippen molar-refractivity contribution in [3.63, 3.8) is 0 Å². The predicted octanol–water partition coefficient (Wildman–Crippen LogP) is 2.65. The van der Waals surface area contributed by atoms with Crippen molar-refractivity contribution in [1.82, 2.24) is 4.90 Å². The second kappa shape index (κ2) is 7.68. The minimum Gasteiger partial charge on any atom is -0.338 e. The van der Waals surface area contributed by atoms with Crippen LogP contribution in [0.5, 0.6) is 0 Å². The summed E-state index contributed by atoms with van der Waals surface area (Å²) >= 11 is 5.83. The van der Waals surface area contributed by atoms with E-state index in [1.54, 1.807) is 29.2 Å². The van der Waals surface area contributed by atoms with E-state index >= 15 is 0 Å². The number of carbonyl (C=O) groups is 2. The standard InChI is InChI=1S/C19H20ClN3O2/c20-15-6-8-16(9-7-15)22-19(25)18(21)14-10-17(24)23(12-14)11-13-4-2-1-3-5-13/h1-9,14,18H,10-12,21H2,(H,22,25). The van der Waals surface area contributed by atoms with E-state index in [2.05, 4.69) is 5.32 Å². The molecule has 6 heteroatoms. The molecule has 0 bridgehead atoms. The van der Waals surface area contributed by atoms with Gasteiger partial charge in [0.2, 0.25) is 11.8 Å². The van der Waals surface area contributed by atoms with Gasteiger partial charge in [-0.1, -0.05) is 41.9 Å². The quantitative estimate of drug-likeness (QED) is 0.863. The Bertz CT molecular complexity index is 749. The zero-order chi connectivity index (χ0) is 17.8. The molecule has 5 nitrogen and oxygen atoms in total. The number of carbonyl (C=O) groups excluding carboxylic acids is 2. The van der Waals surface area contributed by atoms with Gasteiger partial charge in [-0.3, -0.25) is 9.59 Å². The first kappa shape index (κ1) is 17.5. The van der Waals surface area contributed by atoms with Crippen molar-refractivity contribution in [3.8, 4) is 0 Å². The fourth-order valence-electron chi connectivity index (χ4n) is 2.97. The van der Waals surface area contributed by atoms with E-state index in [9.17, 15) is 9.59 Å². The molecule has 25 heavy (non-hydrogen) atoms. The summed E-state index contributed by atoms with van der Waals surface area (Å²) in [4.78, 5) is 26.4. The van der Waals surface area contributed by atoms with Gasteiger partial charge in [-0.2, -0.15) is 0 Å². The fourth-order valence-corrected chi connectivity index (χ4v) is 3.10. The van der Waals surface area contributed by atoms with Crippen molar-refractivity contribution in [2.45, 2.75) is 19.0 Å². The lowest BCUT2D eigenvalue weighted by Crippen LogP contribution is -2.43. The van der Waals surface area contributed by atoms with Crippen LogP contribution in [-0.4, -0.2) is 29.3 Å². The van der Waals surface area contributed by atoms with Gasteiger partial charge >= 0.3 is 0 Å². The van der Waals surface area contributed by atoms with E-state index in [4.69, 9.17) is 17.3 Å². The van der Waals surface area contributed by atoms with Crippen molar-refractivity contribution in [2.75, 3.05) is 11.9 Å². The molecule has 130 valence electrons. The maximum absolute atomic E-state index is 12.4. The number of hydrogen-bond donors (Lipinski definition) is 2. The van der Waals surface area contributed by atoms with Gasteiger partial charge in [0, 0.05) is 36.1 Å². The maximum atomic E-state index is 12.4. The summed E-state index contributed by atoms with van der Waals surface area (Å²) < 4.78 is 0. The second-order valence-electron chi connectivity index (χ2n) is 6.25. The summed E-state index contributed by atoms with van der Waals surface area (Å²) in [5.74, 6) is -0.450. The van der Waals surface area contributed by atoms with Gasteiger partial charge in [0.1, 0.15) is 0 Å². The number of rotatable bonds is 5. The average molecular weight is 358 g/mol. The van der Waals surface area contributed by atoms with Crippen LogP contribution in [0, 0.1) is 5.92 Å². The number of amides is 2. The van der Waals surface area contributed by atoms with Crippen molar-refractivity contribution < 1.29 is 9.59 Å². The number of anilines is 1. The zero-order valence-corrected chi connectivity index (χ0v) is 14.4. The number of benzene rings is 2. The molecular weight excluding hydrogens is 338 g/mol. The Balaban J connectivity index is 1.59. The van der Waals surface area contributed by atoms with Crippen LogP contribution >= 0.6 is 11.6 Å². The molecule has 0 aromatic heterocycles. The van der Waals surface area contributed by atoms with Gasteiger partial charge < -0.3 is 16.0 Å². The van der Waals surface area contributed by atoms with E-state index < -0.39 is 6.04 Å². The van der Waals surface area contributed by atoms with Crippen LogP contribution < -0.4 is 11.1 Å². The molecule has 2 amide bonds. The van der Waals surface area contributed by atoms with E-state index in [1.165, 1.54) is 0 Å².